The van der Waals surface area contributed by atoms with Crippen molar-refractivity contribution in [3.05, 3.63) is 65.9 Å². The monoisotopic (exact) mass is 403 g/mol. The molecule has 0 bridgehead atoms. The number of anilines is 2. The normalized spacial score (nSPS) is 11.4. The third-order valence-corrected chi connectivity index (χ3v) is 4.28. The van der Waals surface area contributed by atoms with E-state index in [9.17, 15) is 4.79 Å². The smallest absolute Gasteiger partial charge is 0.294 e. The van der Waals surface area contributed by atoms with Crippen molar-refractivity contribution in [1.29, 1.82) is 0 Å². The van der Waals surface area contributed by atoms with Crippen LogP contribution in [0, 0.1) is 0 Å². The molecule has 5 N–H and O–H groups in total. The van der Waals surface area contributed by atoms with E-state index in [1.807, 2.05) is 30.3 Å². The molecule has 150 valence electrons. The summed E-state index contributed by atoms with van der Waals surface area (Å²) in [5.74, 6) is -0.409. The summed E-state index contributed by atoms with van der Waals surface area (Å²) in [5, 5.41) is 19.5. The van der Waals surface area contributed by atoms with Gasteiger partial charge in [-0.15, -0.1) is 5.10 Å². The maximum atomic E-state index is 12.9. The Morgan fingerprint density at radius 2 is 1.80 bits per heavy atom. The van der Waals surface area contributed by atoms with Gasteiger partial charge >= 0.3 is 0 Å². The highest BCUT2D eigenvalue weighted by molar-refractivity contribution is 6.02. The quantitative estimate of drug-likeness (QED) is 0.257. The molecule has 4 rings (SSSR count). The molecule has 1 amide bonds. The van der Waals surface area contributed by atoms with Crippen LogP contribution in [0.4, 0.5) is 11.5 Å². The fourth-order valence-electron chi connectivity index (χ4n) is 2.75. The van der Waals surface area contributed by atoms with Crippen LogP contribution in [0.3, 0.4) is 0 Å². The highest BCUT2D eigenvalue weighted by Crippen LogP contribution is 2.26. The van der Waals surface area contributed by atoms with Gasteiger partial charge in [-0.3, -0.25) is 4.79 Å². The van der Waals surface area contributed by atoms with Crippen LogP contribution < -0.4 is 16.9 Å². The van der Waals surface area contributed by atoms with Crippen LogP contribution >= 0.6 is 0 Å². The zero-order valence-corrected chi connectivity index (χ0v) is 15.9. The van der Waals surface area contributed by atoms with E-state index in [-0.39, 0.29) is 17.3 Å². The molecule has 30 heavy (non-hydrogen) atoms. The van der Waals surface area contributed by atoms with Gasteiger partial charge < -0.3 is 11.5 Å². The molecular formula is C19H17N9O2. The van der Waals surface area contributed by atoms with Gasteiger partial charge in [0.2, 0.25) is 11.6 Å². The molecule has 0 aliphatic heterocycles. The lowest BCUT2D eigenvalue weighted by Crippen LogP contribution is -2.21. The molecule has 11 heteroatoms. The van der Waals surface area contributed by atoms with E-state index in [1.54, 1.807) is 31.2 Å². The maximum absolute atomic E-state index is 12.9. The summed E-state index contributed by atoms with van der Waals surface area (Å²) in [6.45, 7) is 1.77. The van der Waals surface area contributed by atoms with E-state index in [4.69, 9.17) is 11.5 Å². The predicted molar refractivity (Wildman–Crippen MR) is 110 cm³/mol. The first-order chi connectivity index (χ1) is 14.5. The molecule has 0 aliphatic rings. The number of rotatable bonds is 5. The predicted octanol–water partition coefficient (Wildman–Crippen LogP) is 1.64. The van der Waals surface area contributed by atoms with Crippen molar-refractivity contribution in [2.75, 3.05) is 11.5 Å². The number of aromatic nitrogens is 5. The van der Waals surface area contributed by atoms with Gasteiger partial charge in [-0.25, -0.2) is 10.1 Å². The van der Waals surface area contributed by atoms with Crippen molar-refractivity contribution in [2.45, 2.75) is 6.92 Å². The van der Waals surface area contributed by atoms with Crippen LogP contribution in [0.15, 0.2) is 64.3 Å². The third kappa shape index (κ3) is 3.58. The SMILES string of the molecule is CC(=NNC(=O)c1nnn(-c2nonc2N)c1-c1ccccc1)c1ccc(N)cc1. The van der Waals surface area contributed by atoms with Gasteiger partial charge in [0.25, 0.3) is 5.91 Å². The van der Waals surface area contributed by atoms with Crippen LogP contribution in [-0.4, -0.2) is 36.9 Å². The number of hydrogen-bond donors (Lipinski definition) is 3. The number of carbonyl (C=O) groups excluding carboxylic acids is 1. The summed E-state index contributed by atoms with van der Waals surface area (Å²) in [4.78, 5) is 12.9. The first-order valence-electron chi connectivity index (χ1n) is 8.84. The molecule has 0 aliphatic carbocycles. The Morgan fingerprint density at radius 3 is 2.47 bits per heavy atom. The van der Waals surface area contributed by atoms with Crippen LogP contribution in [0.5, 0.6) is 0 Å². The first-order valence-corrected chi connectivity index (χ1v) is 8.84. The summed E-state index contributed by atoms with van der Waals surface area (Å²) >= 11 is 0. The second-order valence-electron chi connectivity index (χ2n) is 6.30. The number of nitrogen functional groups attached to an aromatic ring is 2. The van der Waals surface area contributed by atoms with Crippen molar-refractivity contribution >= 4 is 23.1 Å². The fourth-order valence-corrected chi connectivity index (χ4v) is 2.75. The second kappa shape index (κ2) is 7.83. The molecule has 2 aromatic heterocycles. The Balaban J connectivity index is 1.69. The number of amides is 1. The lowest BCUT2D eigenvalue weighted by atomic mass is 10.1. The number of nitrogens with zero attached hydrogens (tertiary/aromatic N) is 6. The molecule has 0 unspecified atom stereocenters. The zero-order chi connectivity index (χ0) is 21.1. The minimum atomic E-state index is -0.551. The number of nitrogens with two attached hydrogens (primary N) is 2. The summed E-state index contributed by atoms with van der Waals surface area (Å²) in [5.41, 5.74) is 17.1. The Morgan fingerprint density at radius 1 is 1.07 bits per heavy atom. The lowest BCUT2D eigenvalue weighted by molar-refractivity contribution is 0.0950. The number of carbonyl (C=O) groups is 1. The molecule has 0 saturated heterocycles. The highest BCUT2D eigenvalue weighted by Gasteiger charge is 2.25. The summed E-state index contributed by atoms with van der Waals surface area (Å²) in [6.07, 6.45) is 0. The first kappa shape index (κ1) is 18.8. The van der Waals surface area contributed by atoms with Gasteiger partial charge in [-0.2, -0.15) is 9.78 Å². The number of hydrazone groups is 1. The van der Waals surface area contributed by atoms with E-state index >= 15 is 0 Å². The fraction of sp³-hybridized carbons (Fsp3) is 0.0526. The van der Waals surface area contributed by atoms with Gasteiger partial charge in [0.1, 0.15) is 5.69 Å². The van der Waals surface area contributed by atoms with E-state index in [2.05, 4.69) is 35.8 Å². The van der Waals surface area contributed by atoms with Crippen molar-refractivity contribution in [1.82, 2.24) is 30.7 Å². The Hall–Kier alpha value is -4.54. The van der Waals surface area contributed by atoms with Gasteiger partial charge in [-0.05, 0) is 34.9 Å². The van der Waals surface area contributed by atoms with Crippen molar-refractivity contribution < 1.29 is 9.42 Å². The average Bonchev–Trinajstić information content (AvgIpc) is 3.38. The minimum Gasteiger partial charge on any atom is -0.399 e. The van der Waals surface area contributed by atoms with Gasteiger partial charge in [0, 0.05) is 11.3 Å². The van der Waals surface area contributed by atoms with Crippen LogP contribution in [-0.2, 0) is 0 Å². The molecule has 11 nitrogen and oxygen atoms in total. The largest absolute Gasteiger partial charge is 0.399 e. The highest BCUT2D eigenvalue weighted by atomic mass is 16.6. The van der Waals surface area contributed by atoms with Gasteiger partial charge in [-0.1, -0.05) is 47.7 Å². The van der Waals surface area contributed by atoms with E-state index in [0.29, 0.717) is 22.7 Å². The summed E-state index contributed by atoms with van der Waals surface area (Å²) < 4.78 is 5.95. The van der Waals surface area contributed by atoms with Crippen molar-refractivity contribution in [2.24, 2.45) is 5.10 Å². The van der Waals surface area contributed by atoms with Gasteiger partial charge in [0.05, 0.1) is 5.71 Å². The average molecular weight is 403 g/mol. The van der Waals surface area contributed by atoms with E-state index in [0.717, 1.165) is 5.56 Å². The standard InChI is InChI=1S/C19H17N9O2/c1-11(12-7-9-14(20)10-8-12)22-24-19(29)15-16(13-5-3-2-4-6-13)28(27-23-15)18-17(21)25-30-26-18/h2-10H,20H2,1H3,(H2,21,25)(H,24,29). The summed E-state index contributed by atoms with van der Waals surface area (Å²) in [7, 11) is 0. The van der Waals surface area contributed by atoms with Crippen LogP contribution in [0.1, 0.15) is 23.0 Å². The Kier molecular flexibility index (Phi) is 4.91. The topological polar surface area (TPSA) is 163 Å². The third-order valence-electron chi connectivity index (χ3n) is 4.28. The molecule has 2 heterocycles. The summed E-state index contributed by atoms with van der Waals surface area (Å²) in [6, 6.07) is 16.2. The Bertz CT molecular complexity index is 1210. The van der Waals surface area contributed by atoms with Crippen LogP contribution in [0.2, 0.25) is 0 Å². The molecule has 2 aromatic carbocycles. The molecule has 4 aromatic rings. The molecular weight excluding hydrogens is 386 g/mol. The lowest BCUT2D eigenvalue weighted by Gasteiger charge is -2.06. The molecule has 0 saturated carbocycles. The number of hydrogen-bond acceptors (Lipinski definition) is 9. The number of benzene rings is 2. The minimum absolute atomic E-state index is 0.0151. The zero-order valence-electron chi connectivity index (χ0n) is 15.9. The molecule has 0 spiro atoms. The van der Waals surface area contributed by atoms with Gasteiger partial charge in [0.15, 0.2) is 5.69 Å². The Labute approximate surface area is 170 Å². The number of nitrogens with one attached hydrogen (secondary N) is 1. The molecule has 0 atom stereocenters. The molecule has 0 fully saturated rings. The van der Waals surface area contributed by atoms with Crippen LogP contribution in [0.25, 0.3) is 17.1 Å². The molecule has 0 radical (unpaired) electrons. The van der Waals surface area contributed by atoms with Crippen molar-refractivity contribution in [3.63, 3.8) is 0 Å². The second-order valence-corrected chi connectivity index (χ2v) is 6.30. The van der Waals surface area contributed by atoms with E-state index < -0.39 is 5.91 Å². The van der Waals surface area contributed by atoms with E-state index in [1.165, 1.54) is 4.68 Å². The maximum Gasteiger partial charge on any atom is 0.294 e. The van der Waals surface area contributed by atoms with Crippen molar-refractivity contribution in [3.8, 4) is 17.1 Å².